The van der Waals surface area contributed by atoms with E-state index in [9.17, 15) is 9.59 Å². The second-order valence-electron chi connectivity index (χ2n) is 10.4. The van der Waals surface area contributed by atoms with Gasteiger partial charge in [0.15, 0.2) is 5.82 Å². The van der Waals surface area contributed by atoms with E-state index in [0.29, 0.717) is 30.0 Å². The Morgan fingerprint density at radius 2 is 2.12 bits per heavy atom. The normalized spacial score (nSPS) is 24.6. The Bertz CT molecular complexity index is 1070. The predicted molar refractivity (Wildman–Crippen MR) is 129 cm³/mol. The highest BCUT2D eigenvalue weighted by Crippen LogP contribution is 2.42. The van der Waals surface area contributed by atoms with Crippen molar-refractivity contribution in [2.24, 2.45) is 5.92 Å². The third kappa shape index (κ3) is 3.76. The lowest BCUT2D eigenvalue weighted by Gasteiger charge is -2.48. The number of carbonyl (C=O) groups excluding carboxylic acids is 2. The summed E-state index contributed by atoms with van der Waals surface area (Å²) in [5.74, 6) is 0.587. The maximum Gasteiger partial charge on any atom is 0.321 e. The van der Waals surface area contributed by atoms with Crippen molar-refractivity contribution in [2.75, 3.05) is 25.0 Å². The van der Waals surface area contributed by atoms with Gasteiger partial charge in [-0.15, -0.1) is 0 Å². The molecule has 0 unspecified atom stereocenters. The molecule has 182 valence electrons. The largest absolute Gasteiger partial charge is 0.321 e. The van der Waals surface area contributed by atoms with E-state index < -0.39 is 5.54 Å². The van der Waals surface area contributed by atoms with E-state index >= 15 is 0 Å². The molecule has 9 heteroatoms. The van der Waals surface area contributed by atoms with Crippen LogP contribution in [0.3, 0.4) is 0 Å². The van der Waals surface area contributed by atoms with Crippen molar-refractivity contribution in [3.8, 4) is 0 Å². The molecule has 0 aromatic carbocycles. The van der Waals surface area contributed by atoms with E-state index in [0.717, 1.165) is 43.7 Å². The van der Waals surface area contributed by atoms with E-state index in [1.807, 2.05) is 18.7 Å². The summed E-state index contributed by atoms with van der Waals surface area (Å²) in [6, 6.07) is 5.96. The van der Waals surface area contributed by atoms with Gasteiger partial charge in [-0.2, -0.15) is 5.10 Å². The van der Waals surface area contributed by atoms with Crippen LogP contribution in [0.1, 0.15) is 68.7 Å². The van der Waals surface area contributed by atoms with Gasteiger partial charge < -0.3 is 15.1 Å². The fourth-order valence-corrected chi connectivity index (χ4v) is 5.77. The van der Waals surface area contributed by atoms with Gasteiger partial charge in [0.25, 0.3) is 5.91 Å². The molecule has 2 aromatic rings. The number of urea groups is 1. The topological polar surface area (TPSA) is 97.5 Å². The molecule has 9 nitrogen and oxygen atoms in total. The number of amides is 3. The predicted octanol–water partition coefficient (Wildman–Crippen LogP) is 3.42. The summed E-state index contributed by atoms with van der Waals surface area (Å²) in [6.07, 6.45) is 5.01. The maximum absolute atomic E-state index is 14.1. The van der Waals surface area contributed by atoms with Gasteiger partial charge in [0, 0.05) is 36.9 Å². The standard InChI is InChI=1S/C25H35N7O2/c1-5-16(2)20-15-30-12-8-9-17(30)13-31(20)24(34)32-14-18-21(25(32,3)4)28-29-22(18)27-23(33)19-10-6-7-11-26-19/h6-7,10-11,16-17,20H,5,8-9,12-15H2,1-4H3,(H2,27,28,29,33)/t16-,17+,20+/m0/s1. The van der Waals surface area contributed by atoms with Crippen molar-refractivity contribution in [1.29, 1.82) is 0 Å². The molecular formula is C25H35N7O2. The fourth-order valence-electron chi connectivity index (χ4n) is 5.77. The Hall–Kier alpha value is -2.94. The zero-order valence-corrected chi connectivity index (χ0v) is 20.5. The maximum atomic E-state index is 14.1. The molecule has 5 rings (SSSR count). The third-order valence-electron chi connectivity index (χ3n) is 8.11. The lowest BCUT2D eigenvalue weighted by atomic mass is 9.93. The molecule has 3 atom stereocenters. The first-order valence-corrected chi connectivity index (χ1v) is 12.4. The number of nitrogens with one attached hydrogen (secondary N) is 2. The summed E-state index contributed by atoms with van der Waals surface area (Å²) < 4.78 is 0. The highest BCUT2D eigenvalue weighted by atomic mass is 16.2. The van der Waals surface area contributed by atoms with Gasteiger partial charge in [0.2, 0.25) is 0 Å². The highest BCUT2D eigenvalue weighted by Gasteiger charge is 2.48. The van der Waals surface area contributed by atoms with E-state index in [1.165, 1.54) is 6.42 Å². The molecule has 2 fully saturated rings. The van der Waals surface area contributed by atoms with Gasteiger partial charge in [-0.3, -0.25) is 19.8 Å². The number of nitrogens with zero attached hydrogens (tertiary/aromatic N) is 5. The monoisotopic (exact) mass is 465 g/mol. The van der Waals surface area contributed by atoms with Crippen molar-refractivity contribution in [2.45, 2.75) is 71.1 Å². The molecule has 0 spiro atoms. The van der Waals surface area contributed by atoms with Gasteiger partial charge >= 0.3 is 6.03 Å². The van der Waals surface area contributed by atoms with Gasteiger partial charge in [0.05, 0.1) is 17.8 Å². The zero-order valence-electron chi connectivity index (χ0n) is 20.5. The zero-order chi connectivity index (χ0) is 24.0. The van der Waals surface area contributed by atoms with E-state index in [1.54, 1.807) is 24.4 Å². The van der Waals surface area contributed by atoms with Crippen molar-refractivity contribution in [3.05, 3.63) is 41.3 Å². The number of aromatic amines is 1. The Morgan fingerprint density at radius 3 is 2.85 bits per heavy atom. The first kappa shape index (κ1) is 22.8. The minimum Gasteiger partial charge on any atom is -0.319 e. The van der Waals surface area contributed by atoms with Gasteiger partial charge in [-0.1, -0.05) is 26.3 Å². The molecule has 3 aliphatic heterocycles. The molecule has 5 heterocycles. The molecule has 0 aliphatic carbocycles. The van der Waals surface area contributed by atoms with Crippen LogP contribution in [0.2, 0.25) is 0 Å². The van der Waals surface area contributed by atoms with Crippen LogP contribution in [-0.2, 0) is 12.1 Å². The average Bonchev–Trinajstić information content (AvgIpc) is 3.53. The SMILES string of the molecule is CC[C@H](C)[C@H]1CN2CCC[C@@H]2CN1C(=O)N1Cc2c(NC(=O)c3ccccn3)n[nH]c2C1(C)C. The summed E-state index contributed by atoms with van der Waals surface area (Å²) in [7, 11) is 0. The fraction of sp³-hybridized carbons (Fsp3) is 0.600. The number of hydrogen-bond donors (Lipinski definition) is 2. The Kier molecular flexibility index (Phi) is 5.83. The quantitative estimate of drug-likeness (QED) is 0.721. The Morgan fingerprint density at radius 1 is 1.29 bits per heavy atom. The third-order valence-corrected chi connectivity index (χ3v) is 8.11. The molecular weight excluding hydrogens is 430 g/mol. The molecule has 3 amide bonds. The summed E-state index contributed by atoms with van der Waals surface area (Å²) in [4.78, 5) is 37.5. The summed E-state index contributed by atoms with van der Waals surface area (Å²) in [6.45, 7) is 11.9. The van der Waals surface area contributed by atoms with Crippen LogP contribution < -0.4 is 5.32 Å². The van der Waals surface area contributed by atoms with Crippen LogP contribution >= 0.6 is 0 Å². The smallest absolute Gasteiger partial charge is 0.319 e. The Balaban J connectivity index is 1.38. The lowest BCUT2D eigenvalue weighted by Crippen LogP contribution is -2.63. The number of carbonyl (C=O) groups is 2. The van der Waals surface area contributed by atoms with Gasteiger partial charge in [-0.05, 0) is 51.3 Å². The number of hydrogen-bond acceptors (Lipinski definition) is 5. The number of rotatable bonds is 4. The first-order chi connectivity index (χ1) is 16.3. The number of H-pyrrole nitrogens is 1. The number of pyridine rings is 1. The van der Waals surface area contributed by atoms with Gasteiger partial charge in [-0.25, -0.2) is 4.79 Å². The van der Waals surface area contributed by atoms with Crippen molar-refractivity contribution >= 4 is 17.8 Å². The van der Waals surface area contributed by atoms with Crippen LogP contribution in [0, 0.1) is 5.92 Å². The van der Waals surface area contributed by atoms with Crippen molar-refractivity contribution < 1.29 is 9.59 Å². The number of aromatic nitrogens is 3. The minimum absolute atomic E-state index is 0.0773. The van der Waals surface area contributed by atoms with Crippen LogP contribution in [0.4, 0.5) is 10.6 Å². The van der Waals surface area contributed by atoms with E-state index in [4.69, 9.17) is 0 Å². The van der Waals surface area contributed by atoms with Crippen LogP contribution in [0.15, 0.2) is 24.4 Å². The van der Waals surface area contributed by atoms with Crippen LogP contribution in [-0.4, -0.2) is 73.5 Å². The number of fused-ring (bicyclic) bond motifs is 2. The number of piperazine rings is 1. The summed E-state index contributed by atoms with van der Waals surface area (Å²) in [5, 5.41) is 10.3. The van der Waals surface area contributed by atoms with Crippen molar-refractivity contribution in [3.63, 3.8) is 0 Å². The molecule has 2 aromatic heterocycles. The highest BCUT2D eigenvalue weighted by molar-refractivity contribution is 6.02. The van der Waals surface area contributed by atoms with Crippen LogP contribution in [0.5, 0.6) is 0 Å². The average molecular weight is 466 g/mol. The molecule has 0 saturated carbocycles. The van der Waals surface area contributed by atoms with Crippen LogP contribution in [0.25, 0.3) is 0 Å². The number of anilines is 1. The molecule has 34 heavy (non-hydrogen) atoms. The minimum atomic E-state index is -0.555. The lowest BCUT2D eigenvalue weighted by molar-refractivity contribution is 0.0219. The van der Waals surface area contributed by atoms with Gasteiger partial charge in [0.1, 0.15) is 5.69 Å². The van der Waals surface area contributed by atoms with E-state index in [-0.39, 0.29) is 18.0 Å². The second kappa shape index (κ2) is 8.69. The molecule has 2 saturated heterocycles. The molecule has 2 N–H and O–H groups in total. The first-order valence-electron chi connectivity index (χ1n) is 12.4. The second-order valence-corrected chi connectivity index (χ2v) is 10.4. The summed E-state index contributed by atoms with van der Waals surface area (Å²) >= 11 is 0. The van der Waals surface area contributed by atoms with Crippen molar-refractivity contribution in [1.82, 2.24) is 29.9 Å². The molecule has 0 bridgehead atoms. The Labute approximate surface area is 200 Å². The van der Waals surface area contributed by atoms with E-state index in [2.05, 4.69) is 44.1 Å². The summed E-state index contributed by atoms with van der Waals surface area (Å²) in [5.41, 5.74) is 1.51. The molecule has 3 aliphatic rings. The molecule has 0 radical (unpaired) electrons.